The van der Waals surface area contributed by atoms with Gasteiger partial charge in [0.05, 0.1) is 36.3 Å². The number of likely N-dealkylation sites (tertiary alicyclic amines) is 1. The number of hydrogen-bond donors (Lipinski definition) is 1. The van der Waals surface area contributed by atoms with Crippen LogP contribution >= 0.6 is 0 Å². The molecule has 194 valence electrons. The highest BCUT2D eigenvalue weighted by molar-refractivity contribution is 6.12. The Balaban J connectivity index is 1.56. The van der Waals surface area contributed by atoms with E-state index in [0.29, 0.717) is 22.2 Å². The summed E-state index contributed by atoms with van der Waals surface area (Å²) in [5, 5.41) is 12.1. The molecule has 2 aliphatic rings. The van der Waals surface area contributed by atoms with Crippen LogP contribution in [0.15, 0.2) is 41.3 Å². The predicted molar refractivity (Wildman–Crippen MR) is 136 cm³/mol. The molecule has 3 amide bonds. The summed E-state index contributed by atoms with van der Waals surface area (Å²) in [6.45, 7) is 2.66. The number of halogens is 1. The number of anilines is 1. The van der Waals surface area contributed by atoms with E-state index in [1.165, 1.54) is 29.0 Å². The predicted octanol–water partition coefficient (Wildman–Crippen LogP) is 1.85. The molecule has 0 radical (unpaired) electrons. The average molecular weight is 517 g/mol. The van der Waals surface area contributed by atoms with Crippen LogP contribution < -0.4 is 15.8 Å². The smallest absolute Gasteiger partial charge is 0.265 e. The molecule has 2 aromatic heterocycles. The van der Waals surface area contributed by atoms with Gasteiger partial charge < -0.3 is 15.1 Å². The summed E-state index contributed by atoms with van der Waals surface area (Å²) in [6.07, 6.45) is 1.51. The third kappa shape index (κ3) is 4.18. The first kappa shape index (κ1) is 25.1. The molecule has 1 saturated heterocycles. The molecule has 1 atom stereocenters. The van der Waals surface area contributed by atoms with Gasteiger partial charge in [-0.2, -0.15) is 5.26 Å². The van der Waals surface area contributed by atoms with Crippen LogP contribution in [0.3, 0.4) is 0 Å². The molecule has 4 heterocycles. The lowest BCUT2D eigenvalue weighted by Crippen LogP contribution is -2.60. The van der Waals surface area contributed by atoms with Gasteiger partial charge in [0, 0.05) is 30.7 Å². The summed E-state index contributed by atoms with van der Waals surface area (Å²) in [4.78, 5) is 59.5. The van der Waals surface area contributed by atoms with Crippen LogP contribution in [0, 0.1) is 11.3 Å². The Bertz CT molecular complexity index is 1600. The van der Waals surface area contributed by atoms with Gasteiger partial charge in [0.2, 0.25) is 11.8 Å². The van der Waals surface area contributed by atoms with Gasteiger partial charge in [-0.3, -0.25) is 23.7 Å². The van der Waals surface area contributed by atoms with Crippen LogP contribution in [0.2, 0.25) is 0 Å². The zero-order valence-electron chi connectivity index (χ0n) is 21.1. The monoisotopic (exact) mass is 516 g/mol. The fourth-order valence-electron chi connectivity index (χ4n) is 4.99. The highest BCUT2D eigenvalue weighted by atomic mass is 19.1. The van der Waals surface area contributed by atoms with Crippen molar-refractivity contribution in [2.75, 3.05) is 25.0 Å². The van der Waals surface area contributed by atoms with Gasteiger partial charge in [0.1, 0.15) is 23.4 Å². The lowest BCUT2D eigenvalue weighted by Gasteiger charge is -2.42. The molecule has 2 aliphatic heterocycles. The van der Waals surface area contributed by atoms with Crippen LogP contribution in [-0.2, 0) is 22.7 Å². The maximum Gasteiger partial charge on any atom is 0.265 e. The molecular weight excluding hydrogens is 491 g/mol. The van der Waals surface area contributed by atoms with Gasteiger partial charge in [-0.15, -0.1) is 0 Å². The molecule has 1 unspecified atom stereocenters. The molecule has 38 heavy (non-hydrogen) atoms. The number of nitrogens with one attached hydrogen (secondary N) is 1. The number of carbonyl (C=O) groups excluding carboxylic acids is 3. The molecule has 5 rings (SSSR count). The summed E-state index contributed by atoms with van der Waals surface area (Å²) in [6, 6.07) is 10.1. The number of rotatable bonds is 5. The molecule has 1 aromatic carbocycles. The van der Waals surface area contributed by atoms with Crippen molar-refractivity contribution in [1.82, 2.24) is 19.8 Å². The van der Waals surface area contributed by atoms with Gasteiger partial charge in [0.15, 0.2) is 0 Å². The number of carbonyl (C=O) groups is 3. The number of aromatic nitrogens is 2. The minimum atomic E-state index is -1.48. The average Bonchev–Trinajstić information content (AvgIpc) is 3.11. The highest BCUT2D eigenvalue weighted by Crippen LogP contribution is 2.40. The fraction of sp³-hybridized carbons (Fsp3) is 0.333. The van der Waals surface area contributed by atoms with E-state index in [-0.39, 0.29) is 36.8 Å². The normalized spacial score (nSPS) is 17.7. The second kappa shape index (κ2) is 9.06. The molecule has 10 nitrogen and oxygen atoms in total. The largest absolute Gasteiger partial charge is 0.348 e. The first-order valence-corrected chi connectivity index (χ1v) is 12.1. The van der Waals surface area contributed by atoms with Crippen molar-refractivity contribution < 1.29 is 18.8 Å². The van der Waals surface area contributed by atoms with E-state index >= 15 is 0 Å². The Morgan fingerprint density at radius 2 is 1.92 bits per heavy atom. The van der Waals surface area contributed by atoms with Crippen LogP contribution in [0.1, 0.15) is 46.8 Å². The summed E-state index contributed by atoms with van der Waals surface area (Å²) in [7, 11) is 1.61. The molecule has 0 bridgehead atoms. The lowest BCUT2D eigenvalue weighted by atomic mass is 9.99. The van der Waals surface area contributed by atoms with Crippen LogP contribution in [0.25, 0.3) is 11.0 Å². The zero-order chi connectivity index (χ0) is 27.4. The minimum Gasteiger partial charge on any atom is -0.348 e. The Labute approximate surface area is 217 Å². The SMILES string of the molecule is CC1C(=O)N(C)c2c1cnc1c2cc(C(=O)NCc2ccc(C#N)cc2)c(=O)n1CC(=O)N1CC(C)(F)C1. The molecular formula is C27H25FN6O4. The second-order valence-corrected chi connectivity index (χ2v) is 10.0. The third-order valence-corrected chi connectivity index (χ3v) is 7.09. The summed E-state index contributed by atoms with van der Waals surface area (Å²) < 4.78 is 15.1. The van der Waals surface area contributed by atoms with Crippen molar-refractivity contribution in [3.05, 3.63) is 69.1 Å². The number of nitriles is 1. The van der Waals surface area contributed by atoms with Gasteiger partial charge in [-0.05, 0) is 37.6 Å². The van der Waals surface area contributed by atoms with E-state index < -0.39 is 35.5 Å². The lowest BCUT2D eigenvalue weighted by molar-refractivity contribution is -0.144. The van der Waals surface area contributed by atoms with Crippen molar-refractivity contribution in [2.24, 2.45) is 0 Å². The van der Waals surface area contributed by atoms with E-state index in [0.717, 1.165) is 10.1 Å². The standard InChI is InChI=1S/C27H25FN6O4/c1-15-20-11-30-23-18(22(20)32(3)25(15)37)8-19(24(36)31-10-17-6-4-16(9-29)5-7-17)26(38)34(23)12-21(35)33-13-27(2,28)14-33/h4-8,11,15H,10,12-14H2,1-3H3,(H,31,36). The van der Waals surface area contributed by atoms with Crippen molar-refractivity contribution in [1.29, 1.82) is 5.26 Å². The van der Waals surface area contributed by atoms with E-state index in [1.807, 2.05) is 6.07 Å². The van der Waals surface area contributed by atoms with Crippen LogP contribution in [0.4, 0.5) is 10.1 Å². The van der Waals surface area contributed by atoms with Gasteiger partial charge in [-0.25, -0.2) is 9.37 Å². The van der Waals surface area contributed by atoms with E-state index in [1.54, 1.807) is 38.2 Å². The first-order chi connectivity index (χ1) is 18.0. The number of nitrogens with zero attached hydrogens (tertiary/aromatic N) is 5. The zero-order valence-corrected chi connectivity index (χ0v) is 21.1. The molecule has 0 spiro atoms. The molecule has 11 heteroatoms. The van der Waals surface area contributed by atoms with Crippen LogP contribution in [-0.4, -0.2) is 58.0 Å². The Hall–Kier alpha value is -4.59. The topological polar surface area (TPSA) is 128 Å². The van der Waals surface area contributed by atoms with Crippen molar-refractivity contribution in [3.63, 3.8) is 0 Å². The van der Waals surface area contributed by atoms with Crippen molar-refractivity contribution in [3.8, 4) is 6.07 Å². The third-order valence-electron chi connectivity index (χ3n) is 7.09. The number of fused-ring (bicyclic) bond motifs is 3. The van der Waals surface area contributed by atoms with Crippen molar-refractivity contribution in [2.45, 2.75) is 38.5 Å². The molecule has 0 saturated carbocycles. The molecule has 3 aromatic rings. The maximum absolute atomic E-state index is 14.0. The van der Waals surface area contributed by atoms with E-state index in [4.69, 9.17) is 5.26 Å². The number of alkyl halides is 1. The molecule has 0 aliphatic carbocycles. The Morgan fingerprint density at radius 3 is 2.55 bits per heavy atom. The Morgan fingerprint density at radius 1 is 1.24 bits per heavy atom. The quantitative estimate of drug-likeness (QED) is 0.551. The number of pyridine rings is 2. The molecule has 1 fully saturated rings. The van der Waals surface area contributed by atoms with Gasteiger partial charge in [-0.1, -0.05) is 12.1 Å². The summed E-state index contributed by atoms with van der Waals surface area (Å²) in [5.41, 5.74) is 0.120. The fourth-order valence-corrected chi connectivity index (χ4v) is 4.99. The molecule has 1 N–H and O–H groups in total. The maximum atomic E-state index is 14.0. The Kier molecular flexibility index (Phi) is 5.98. The van der Waals surface area contributed by atoms with E-state index in [9.17, 15) is 23.6 Å². The van der Waals surface area contributed by atoms with E-state index in [2.05, 4.69) is 10.3 Å². The minimum absolute atomic E-state index is 0.0825. The summed E-state index contributed by atoms with van der Waals surface area (Å²) in [5.74, 6) is -1.75. The first-order valence-electron chi connectivity index (χ1n) is 12.1. The van der Waals surface area contributed by atoms with Gasteiger partial charge in [0.25, 0.3) is 11.5 Å². The second-order valence-electron chi connectivity index (χ2n) is 10.0. The number of hydrogen-bond acceptors (Lipinski definition) is 6. The summed E-state index contributed by atoms with van der Waals surface area (Å²) >= 11 is 0. The highest BCUT2D eigenvalue weighted by Gasteiger charge is 2.42. The number of benzene rings is 1. The number of likely N-dealkylation sites (N-methyl/N-ethyl adjacent to an activating group) is 1. The number of amides is 3. The van der Waals surface area contributed by atoms with Crippen molar-refractivity contribution >= 4 is 34.4 Å². The van der Waals surface area contributed by atoms with Crippen LogP contribution in [0.5, 0.6) is 0 Å². The van der Waals surface area contributed by atoms with Gasteiger partial charge >= 0.3 is 0 Å².